The van der Waals surface area contributed by atoms with E-state index in [1.165, 1.54) is 0 Å². The zero-order valence-corrected chi connectivity index (χ0v) is 27.2. The van der Waals surface area contributed by atoms with Crippen LogP contribution in [0.2, 0.25) is 5.02 Å². The summed E-state index contributed by atoms with van der Waals surface area (Å²) in [7, 11) is 0. The summed E-state index contributed by atoms with van der Waals surface area (Å²) in [6.07, 6.45) is 0. The van der Waals surface area contributed by atoms with Gasteiger partial charge in [0.1, 0.15) is 17.7 Å². The minimum absolute atomic E-state index is 0.219. The normalized spacial score (nSPS) is 11.7. The summed E-state index contributed by atoms with van der Waals surface area (Å²) >= 11 is 7.56. The third-order valence-corrected chi connectivity index (χ3v) is 10.4. The second-order valence-corrected chi connectivity index (χ2v) is 12.8. The molecule has 10 rings (SSSR count). The third kappa shape index (κ3) is 3.64. The van der Waals surface area contributed by atoms with Crippen molar-refractivity contribution < 1.29 is 0 Å². The first-order valence-corrected chi connectivity index (χ1v) is 16.7. The first-order valence-electron chi connectivity index (χ1n) is 16.4. The van der Waals surface area contributed by atoms with Crippen molar-refractivity contribution in [2.24, 2.45) is 0 Å². The fourth-order valence-electron chi connectivity index (χ4n) is 8.02. The SMILES string of the molecule is N#Cc1c(Cl)c(-n2c3ccccc3c3ccccc32)c(C#N)c(-n2c3ccccc3c3ccccc32)c1-n1c2ccccc2c2ccccc21. The summed E-state index contributed by atoms with van der Waals surface area (Å²) in [5.41, 5.74) is 7.74. The molecule has 0 spiro atoms. The van der Waals surface area contributed by atoms with Gasteiger partial charge in [0, 0.05) is 32.3 Å². The molecule has 3 heterocycles. The molecule has 50 heavy (non-hydrogen) atoms. The molecular formula is C44H24ClN5. The highest BCUT2D eigenvalue weighted by molar-refractivity contribution is 6.35. The summed E-state index contributed by atoms with van der Waals surface area (Å²) in [5, 5.41) is 29.2. The average molecular weight is 658 g/mol. The molecular weight excluding hydrogens is 634 g/mol. The number of rotatable bonds is 3. The maximum atomic E-state index is 11.5. The van der Waals surface area contributed by atoms with E-state index in [-0.39, 0.29) is 10.6 Å². The number of halogens is 1. The molecule has 6 heteroatoms. The number of nitriles is 2. The number of aromatic nitrogens is 3. The number of fused-ring (bicyclic) bond motifs is 9. The van der Waals surface area contributed by atoms with Crippen LogP contribution in [0.5, 0.6) is 0 Å². The van der Waals surface area contributed by atoms with E-state index in [9.17, 15) is 10.5 Å². The molecule has 0 N–H and O–H groups in total. The van der Waals surface area contributed by atoms with Crippen LogP contribution in [0.25, 0.3) is 82.5 Å². The van der Waals surface area contributed by atoms with Gasteiger partial charge in [0.05, 0.1) is 60.7 Å². The number of hydrogen-bond donors (Lipinski definition) is 0. The first-order chi connectivity index (χ1) is 24.7. The van der Waals surface area contributed by atoms with Gasteiger partial charge in [-0.1, -0.05) is 121 Å². The Hall–Kier alpha value is -6.79. The van der Waals surface area contributed by atoms with Crippen LogP contribution in [0.1, 0.15) is 11.1 Å². The Morgan fingerprint density at radius 1 is 0.340 bits per heavy atom. The molecule has 0 saturated heterocycles. The van der Waals surface area contributed by atoms with Gasteiger partial charge in [-0.25, -0.2) is 0 Å². The summed E-state index contributed by atoms with van der Waals surface area (Å²) < 4.78 is 6.32. The molecule has 0 unspecified atom stereocenters. The van der Waals surface area contributed by atoms with E-state index in [2.05, 4.69) is 86.5 Å². The Balaban J connectivity index is 1.51. The van der Waals surface area contributed by atoms with Crippen molar-refractivity contribution in [3.05, 3.63) is 162 Å². The quantitative estimate of drug-likeness (QED) is 0.190. The smallest absolute Gasteiger partial charge is 0.104 e. The zero-order chi connectivity index (χ0) is 33.5. The second-order valence-electron chi connectivity index (χ2n) is 12.4. The molecule has 0 aliphatic heterocycles. The van der Waals surface area contributed by atoms with E-state index in [1.54, 1.807) is 0 Å². The molecule has 0 fully saturated rings. The molecule has 3 aromatic heterocycles. The van der Waals surface area contributed by atoms with E-state index in [0.717, 1.165) is 65.4 Å². The van der Waals surface area contributed by atoms with Crippen molar-refractivity contribution >= 4 is 77.0 Å². The van der Waals surface area contributed by atoms with Crippen molar-refractivity contribution in [2.45, 2.75) is 0 Å². The predicted octanol–water partition coefficient (Wildman–Crippen LogP) is 11.4. The maximum Gasteiger partial charge on any atom is 0.104 e. The summed E-state index contributed by atoms with van der Waals surface area (Å²) in [4.78, 5) is 0. The molecule has 0 amide bonds. The Bertz CT molecular complexity index is 2980. The molecule has 0 saturated carbocycles. The minimum atomic E-state index is 0.219. The van der Waals surface area contributed by atoms with Gasteiger partial charge in [0.2, 0.25) is 0 Å². The Morgan fingerprint density at radius 2 is 0.580 bits per heavy atom. The number of para-hydroxylation sites is 6. The number of benzene rings is 7. The monoisotopic (exact) mass is 657 g/mol. The maximum absolute atomic E-state index is 11.5. The molecule has 0 aliphatic rings. The number of hydrogen-bond acceptors (Lipinski definition) is 2. The van der Waals surface area contributed by atoms with Crippen molar-refractivity contribution in [3.8, 4) is 29.2 Å². The molecule has 5 nitrogen and oxygen atoms in total. The van der Waals surface area contributed by atoms with Crippen LogP contribution in [-0.4, -0.2) is 13.7 Å². The van der Waals surface area contributed by atoms with Crippen LogP contribution >= 0.6 is 11.6 Å². The van der Waals surface area contributed by atoms with E-state index in [0.29, 0.717) is 22.6 Å². The van der Waals surface area contributed by atoms with Crippen LogP contribution in [-0.2, 0) is 0 Å². The molecule has 7 aromatic carbocycles. The van der Waals surface area contributed by atoms with Gasteiger partial charge < -0.3 is 13.7 Å². The van der Waals surface area contributed by atoms with Gasteiger partial charge in [0.25, 0.3) is 0 Å². The fourth-order valence-corrected chi connectivity index (χ4v) is 8.34. The van der Waals surface area contributed by atoms with Gasteiger partial charge in [-0.3, -0.25) is 0 Å². The third-order valence-electron chi connectivity index (χ3n) is 10.00. The van der Waals surface area contributed by atoms with Gasteiger partial charge in [-0.15, -0.1) is 0 Å². The van der Waals surface area contributed by atoms with Crippen LogP contribution < -0.4 is 0 Å². The summed E-state index contributed by atoms with van der Waals surface area (Å²) in [5.74, 6) is 0. The lowest BCUT2D eigenvalue weighted by Gasteiger charge is -2.24. The van der Waals surface area contributed by atoms with Crippen molar-refractivity contribution in [1.29, 1.82) is 10.5 Å². The van der Waals surface area contributed by atoms with Gasteiger partial charge in [0.15, 0.2) is 0 Å². The zero-order valence-electron chi connectivity index (χ0n) is 26.5. The van der Waals surface area contributed by atoms with Gasteiger partial charge in [-0.05, 0) is 36.4 Å². The van der Waals surface area contributed by atoms with Crippen molar-refractivity contribution in [1.82, 2.24) is 13.7 Å². The van der Waals surface area contributed by atoms with Gasteiger partial charge in [-0.2, -0.15) is 10.5 Å². The van der Waals surface area contributed by atoms with Crippen LogP contribution in [0.3, 0.4) is 0 Å². The van der Waals surface area contributed by atoms with Crippen LogP contribution in [0.4, 0.5) is 0 Å². The summed E-state index contributed by atoms with van der Waals surface area (Å²) in [6, 6.07) is 54.3. The fraction of sp³-hybridized carbons (Fsp3) is 0. The molecule has 0 atom stereocenters. The molecule has 10 aromatic rings. The second kappa shape index (κ2) is 10.6. The molecule has 0 bridgehead atoms. The van der Waals surface area contributed by atoms with Gasteiger partial charge >= 0.3 is 0 Å². The molecule has 232 valence electrons. The summed E-state index contributed by atoms with van der Waals surface area (Å²) in [6.45, 7) is 0. The Labute approximate surface area is 291 Å². The van der Waals surface area contributed by atoms with Crippen molar-refractivity contribution in [2.75, 3.05) is 0 Å². The van der Waals surface area contributed by atoms with Crippen LogP contribution in [0.15, 0.2) is 146 Å². The lowest BCUT2D eigenvalue weighted by molar-refractivity contribution is 1.06. The Kier molecular flexibility index (Phi) is 5.99. The molecule has 0 aliphatic carbocycles. The predicted molar refractivity (Wildman–Crippen MR) is 204 cm³/mol. The number of nitrogens with zero attached hydrogens (tertiary/aromatic N) is 5. The average Bonchev–Trinajstić information content (AvgIpc) is 3.80. The standard InChI is InChI=1S/C44H24ClN5/c45-41-33(25-46)43(49-37-21-9-3-15-29(37)30-16-4-10-22-38(30)49)44(50-39-23-11-5-17-31(39)32-18-6-12-24-40(32)50)34(26-47)42(41)48-35-19-7-1-13-27(35)28-14-2-8-20-36(28)48/h1-24H. The minimum Gasteiger partial charge on any atom is -0.306 e. The molecule has 0 radical (unpaired) electrons. The highest BCUT2D eigenvalue weighted by Gasteiger charge is 2.31. The largest absolute Gasteiger partial charge is 0.306 e. The van der Waals surface area contributed by atoms with Crippen LogP contribution in [0, 0.1) is 22.7 Å². The topological polar surface area (TPSA) is 62.4 Å². The lowest BCUT2D eigenvalue weighted by atomic mass is 10.0. The first kappa shape index (κ1) is 28.2. The highest BCUT2D eigenvalue weighted by Crippen LogP contribution is 2.47. The van der Waals surface area contributed by atoms with E-state index >= 15 is 0 Å². The van der Waals surface area contributed by atoms with Crippen molar-refractivity contribution in [3.63, 3.8) is 0 Å². The highest BCUT2D eigenvalue weighted by atomic mass is 35.5. The Morgan fingerprint density at radius 3 is 0.860 bits per heavy atom. The van der Waals surface area contributed by atoms with E-state index in [4.69, 9.17) is 11.6 Å². The van der Waals surface area contributed by atoms with E-state index < -0.39 is 0 Å². The lowest BCUT2D eigenvalue weighted by Crippen LogP contribution is -2.13. The van der Waals surface area contributed by atoms with E-state index in [1.807, 2.05) is 84.9 Å².